The van der Waals surface area contributed by atoms with Crippen LogP contribution in [0.1, 0.15) is 76.8 Å². The Morgan fingerprint density at radius 3 is 2.64 bits per heavy atom. The number of anilines is 1. The van der Waals surface area contributed by atoms with Crippen LogP contribution in [0.25, 0.3) is 6.08 Å². The molecular weight excluding hydrogens is 639 g/mol. The van der Waals surface area contributed by atoms with Crippen LogP contribution in [0.15, 0.2) is 60.9 Å². The number of aromatic nitrogens is 2. The van der Waals surface area contributed by atoms with Crippen molar-refractivity contribution < 1.29 is 19.2 Å². The molecule has 0 saturated carbocycles. The number of carbonyl (C=O) groups is 4. The molecule has 4 heterocycles. The average molecular weight is 680 g/mol. The number of halogens is 2. The molecule has 1 aliphatic carbocycles. The highest BCUT2D eigenvalue weighted by Gasteiger charge is 2.52. The molecule has 3 aliphatic rings. The fourth-order valence-corrected chi connectivity index (χ4v) is 6.99. The number of fused-ring (bicyclic) bond motifs is 3. The molecule has 0 radical (unpaired) electrons. The summed E-state index contributed by atoms with van der Waals surface area (Å²) >= 11 is 0. The molecule has 2 aromatic heterocycles. The Morgan fingerprint density at radius 1 is 1.11 bits per heavy atom. The van der Waals surface area contributed by atoms with Gasteiger partial charge in [-0.1, -0.05) is 42.5 Å². The van der Waals surface area contributed by atoms with Gasteiger partial charge in [0.2, 0.25) is 11.8 Å². The van der Waals surface area contributed by atoms with Crippen molar-refractivity contribution in [2.45, 2.75) is 68.9 Å². The van der Waals surface area contributed by atoms with Crippen molar-refractivity contribution in [1.82, 2.24) is 20.2 Å². The predicted molar refractivity (Wildman–Crippen MR) is 185 cm³/mol. The molecule has 248 valence electrons. The van der Waals surface area contributed by atoms with E-state index < -0.39 is 17.4 Å². The molecule has 0 bridgehead atoms. The lowest BCUT2D eigenvalue weighted by molar-refractivity contribution is -0.141. The van der Waals surface area contributed by atoms with Crippen molar-refractivity contribution in [2.75, 3.05) is 18.4 Å². The fraction of sp³-hybridized carbons (Fsp3) is 0.371. The first-order valence-electron chi connectivity index (χ1n) is 15.6. The minimum Gasteiger partial charge on any atom is -0.340 e. The third-order valence-electron chi connectivity index (χ3n) is 9.46. The lowest BCUT2D eigenvalue weighted by Gasteiger charge is -2.42. The number of pyridine rings is 2. The predicted octanol–water partition coefficient (Wildman–Crippen LogP) is 4.15. The number of allylic oxidation sites excluding steroid dienone is 1. The maximum absolute atomic E-state index is 13.5. The number of nitrogens with two attached hydrogens (primary N) is 1. The number of rotatable bonds is 10. The van der Waals surface area contributed by atoms with Gasteiger partial charge in [0.05, 0.1) is 17.5 Å². The van der Waals surface area contributed by atoms with Gasteiger partial charge in [-0.25, -0.2) is 4.98 Å². The average Bonchev–Trinajstić information content (AvgIpc) is 3.57. The molecule has 6 rings (SSSR count). The van der Waals surface area contributed by atoms with E-state index in [2.05, 4.69) is 26.7 Å². The minimum absolute atomic E-state index is 0. The van der Waals surface area contributed by atoms with Crippen molar-refractivity contribution in [3.63, 3.8) is 0 Å². The van der Waals surface area contributed by atoms with E-state index in [0.717, 1.165) is 53.5 Å². The van der Waals surface area contributed by atoms with Gasteiger partial charge in [-0.15, -0.1) is 24.8 Å². The molecule has 3 amide bonds. The van der Waals surface area contributed by atoms with Gasteiger partial charge in [-0.2, -0.15) is 0 Å². The quantitative estimate of drug-likeness (QED) is 0.216. The number of hydrogen-bond donors (Lipinski definition) is 3. The van der Waals surface area contributed by atoms with Crippen LogP contribution in [0.3, 0.4) is 0 Å². The van der Waals surface area contributed by atoms with Crippen LogP contribution in [0.5, 0.6) is 0 Å². The molecule has 1 spiro atoms. The van der Waals surface area contributed by atoms with Crippen LogP contribution in [-0.4, -0.2) is 64.0 Å². The van der Waals surface area contributed by atoms with Crippen LogP contribution >= 0.6 is 24.8 Å². The summed E-state index contributed by atoms with van der Waals surface area (Å²) in [6, 6.07) is 12.6. The number of amides is 3. The van der Waals surface area contributed by atoms with Crippen molar-refractivity contribution in [2.24, 2.45) is 5.73 Å². The highest BCUT2D eigenvalue weighted by Crippen LogP contribution is 2.46. The Kier molecular flexibility index (Phi) is 11.5. The number of benzene rings is 1. The largest absolute Gasteiger partial charge is 0.340 e. The zero-order chi connectivity index (χ0) is 31.6. The standard InChI is InChI=1S/C35H38N6O4.2ClH/c1-22-27(24-10-6-4-7-11-24)17-29(33(44)41(22)13-14-42)39-32(43)26-16-25-18-35(19-30(25)37-21-26)28-15-23(9-5-2-3-8-12-36)20-38-31(28)40-34(35)45;;/h4-7,9-11,14-16,20-22,27,29H,2-3,8,12-13,17-19,36H2,1H3,(H,39,43)(H,38,40,45);2*1H/b9-5+;;/t22?,27?,29?,35-;;/m0../s1. The second-order valence-electron chi connectivity index (χ2n) is 12.2. The fourth-order valence-electron chi connectivity index (χ4n) is 6.99. The van der Waals surface area contributed by atoms with Crippen molar-refractivity contribution in [3.8, 4) is 0 Å². The van der Waals surface area contributed by atoms with Crippen LogP contribution in [0.4, 0.5) is 5.82 Å². The molecule has 3 aromatic rings. The first-order valence-corrected chi connectivity index (χ1v) is 15.6. The zero-order valence-corrected chi connectivity index (χ0v) is 27.8. The maximum Gasteiger partial charge on any atom is 0.253 e. The van der Waals surface area contributed by atoms with Gasteiger partial charge in [0, 0.05) is 42.0 Å². The second-order valence-corrected chi connectivity index (χ2v) is 12.2. The summed E-state index contributed by atoms with van der Waals surface area (Å²) in [5.41, 5.74) is 9.46. The van der Waals surface area contributed by atoms with E-state index >= 15 is 0 Å². The first kappa shape index (κ1) is 35.7. The third kappa shape index (κ3) is 6.95. The van der Waals surface area contributed by atoms with Crippen LogP contribution < -0.4 is 16.4 Å². The van der Waals surface area contributed by atoms with E-state index in [9.17, 15) is 19.2 Å². The van der Waals surface area contributed by atoms with Crippen molar-refractivity contribution in [3.05, 3.63) is 94.4 Å². The second kappa shape index (κ2) is 15.2. The number of nitrogens with one attached hydrogen (secondary N) is 2. The molecule has 12 heteroatoms. The molecule has 4 N–H and O–H groups in total. The summed E-state index contributed by atoms with van der Waals surface area (Å²) in [5.74, 6) is -0.310. The van der Waals surface area contributed by atoms with E-state index in [0.29, 0.717) is 37.2 Å². The van der Waals surface area contributed by atoms with E-state index in [1.807, 2.05) is 49.4 Å². The van der Waals surface area contributed by atoms with Gasteiger partial charge in [-0.05, 0) is 74.4 Å². The molecule has 4 atom stereocenters. The summed E-state index contributed by atoms with van der Waals surface area (Å²) in [7, 11) is 0. The summed E-state index contributed by atoms with van der Waals surface area (Å²) in [4.78, 5) is 62.4. The van der Waals surface area contributed by atoms with Gasteiger partial charge in [0.1, 0.15) is 18.1 Å². The van der Waals surface area contributed by atoms with E-state index in [-0.39, 0.29) is 55.1 Å². The molecule has 1 fully saturated rings. The van der Waals surface area contributed by atoms with E-state index in [4.69, 9.17) is 5.73 Å². The third-order valence-corrected chi connectivity index (χ3v) is 9.46. The number of aldehydes is 1. The summed E-state index contributed by atoms with van der Waals surface area (Å²) in [6.45, 7) is 2.57. The van der Waals surface area contributed by atoms with Gasteiger partial charge < -0.3 is 26.1 Å². The summed E-state index contributed by atoms with van der Waals surface area (Å²) in [5, 5.41) is 5.87. The number of hydrogen-bond acceptors (Lipinski definition) is 7. The number of piperidine rings is 1. The topological polar surface area (TPSA) is 147 Å². The Balaban J connectivity index is 0.00000250. The van der Waals surface area contributed by atoms with Gasteiger partial charge in [-0.3, -0.25) is 19.4 Å². The molecule has 3 unspecified atom stereocenters. The van der Waals surface area contributed by atoms with Gasteiger partial charge in [0.15, 0.2) is 0 Å². The maximum atomic E-state index is 13.5. The number of unbranched alkanes of at least 4 members (excludes halogenated alkanes) is 2. The number of nitrogens with zero attached hydrogens (tertiary/aromatic N) is 3. The van der Waals surface area contributed by atoms with Crippen LogP contribution in [0.2, 0.25) is 0 Å². The summed E-state index contributed by atoms with van der Waals surface area (Å²) < 4.78 is 0. The van der Waals surface area contributed by atoms with Crippen molar-refractivity contribution in [1.29, 1.82) is 0 Å². The smallest absolute Gasteiger partial charge is 0.253 e. The molecular formula is C35H40Cl2N6O4. The molecule has 1 aromatic carbocycles. The number of likely N-dealkylation sites (tertiary alicyclic amines) is 1. The monoisotopic (exact) mass is 678 g/mol. The van der Waals surface area contributed by atoms with Crippen LogP contribution in [-0.2, 0) is 32.6 Å². The Bertz CT molecular complexity index is 1670. The molecule has 1 saturated heterocycles. The Hall–Kier alpha value is -4.12. The summed E-state index contributed by atoms with van der Waals surface area (Å²) in [6.07, 6.45) is 12.2. The van der Waals surface area contributed by atoms with Gasteiger partial charge in [0.25, 0.3) is 5.91 Å². The lowest BCUT2D eigenvalue weighted by Crippen LogP contribution is -2.58. The van der Waals surface area contributed by atoms with Crippen molar-refractivity contribution >= 4 is 60.7 Å². The highest BCUT2D eigenvalue weighted by atomic mass is 35.5. The first-order chi connectivity index (χ1) is 21.8. The lowest BCUT2D eigenvalue weighted by atomic mass is 9.79. The Morgan fingerprint density at radius 2 is 1.89 bits per heavy atom. The minimum atomic E-state index is -0.843. The van der Waals surface area contributed by atoms with Crippen LogP contribution in [0, 0.1) is 0 Å². The molecule has 2 aliphatic heterocycles. The highest BCUT2D eigenvalue weighted by molar-refractivity contribution is 6.06. The SMILES string of the molecule is CC1C(c2ccccc2)CC(NC(=O)c2cnc3c(c2)C[C@@]2(C3)C(=O)Nc3ncc(/C=C/CCCCN)cc32)C(=O)N1CC=O.Cl.Cl. The normalized spacial score (nSPS) is 22.7. The molecule has 10 nitrogen and oxygen atoms in total. The zero-order valence-electron chi connectivity index (χ0n) is 26.2. The molecule has 47 heavy (non-hydrogen) atoms. The van der Waals surface area contributed by atoms with E-state index in [1.165, 1.54) is 11.1 Å². The van der Waals surface area contributed by atoms with E-state index in [1.54, 1.807) is 12.3 Å². The Labute approximate surface area is 286 Å². The van der Waals surface area contributed by atoms with Gasteiger partial charge >= 0.3 is 0 Å². The number of carbonyl (C=O) groups excluding carboxylic acids is 4.